The van der Waals surface area contributed by atoms with Crippen LogP contribution in [-0.2, 0) is 0 Å². The molecule has 0 fully saturated rings. The molecule has 2 nitrogen and oxygen atoms in total. The number of rotatable bonds is 2. The van der Waals surface area contributed by atoms with Crippen LogP contribution in [0.2, 0.25) is 0 Å². The Bertz CT molecular complexity index is 802. The average Bonchev–Trinajstić information content (AvgIpc) is 2.45. The number of hydrogen-bond acceptors (Lipinski definition) is 2. The number of aromatic nitrogens is 1. The molecule has 0 amide bonds. The normalized spacial score (nSPS) is 11.6. The number of benzene rings is 2. The van der Waals surface area contributed by atoms with E-state index in [2.05, 4.69) is 31.1 Å². The highest BCUT2D eigenvalue weighted by atomic mass is 19.1. The average molecular weight is 294 g/mol. The molecule has 0 spiro atoms. The molecule has 0 aliphatic rings. The van der Waals surface area contributed by atoms with E-state index in [0.29, 0.717) is 0 Å². The van der Waals surface area contributed by atoms with Crippen molar-refractivity contribution in [2.45, 2.75) is 26.3 Å². The molecule has 0 aliphatic carbocycles. The highest BCUT2D eigenvalue weighted by Crippen LogP contribution is 2.31. The lowest BCUT2D eigenvalue weighted by molar-refractivity contribution is 0.628. The van der Waals surface area contributed by atoms with E-state index in [1.165, 1.54) is 12.1 Å². The van der Waals surface area contributed by atoms with Crippen LogP contribution in [0, 0.1) is 5.82 Å². The van der Waals surface area contributed by atoms with Crippen LogP contribution < -0.4 is 5.32 Å². The summed E-state index contributed by atoms with van der Waals surface area (Å²) in [6.45, 7) is 6.30. The minimum Gasteiger partial charge on any atom is -0.365 e. The Balaban J connectivity index is 2.20. The highest BCUT2D eigenvalue weighted by Gasteiger charge is 2.13. The van der Waals surface area contributed by atoms with Crippen molar-refractivity contribution in [3.63, 3.8) is 0 Å². The first-order valence-electron chi connectivity index (χ1n) is 7.36. The smallest absolute Gasteiger partial charge is 0.127 e. The summed E-state index contributed by atoms with van der Waals surface area (Å²) in [4.78, 5) is 4.68. The van der Waals surface area contributed by atoms with Crippen LogP contribution >= 0.6 is 0 Å². The Kier molecular flexibility index (Phi) is 3.57. The first-order valence-corrected chi connectivity index (χ1v) is 7.36. The summed E-state index contributed by atoms with van der Waals surface area (Å²) < 4.78 is 13.2. The fourth-order valence-electron chi connectivity index (χ4n) is 2.49. The second-order valence-corrected chi connectivity index (χ2v) is 6.45. The number of pyridine rings is 1. The van der Waals surface area contributed by atoms with Gasteiger partial charge in [-0.1, -0.05) is 30.3 Å². The molecule has 3 rings (SSSR count). The van der Waals surface area contributed by atoms with Gasteiger partial charge >= 0.3 is 0 Å². The molecule has 0 atom stereocenters. The predicted octanol–water partition coefficient (Wildman–Crippen LogP) is 5.25. The lowest BCUT2D eigenvalue weighted by Crippen LogP contribution is -2.26. The van der Waals surface area contributed by atoms with Crippen LogP contribution in [0.5, 0.6) is 0 Å². The molecule has 3 aromatic rings. The summed E-state index contributed by atoms with van der Waals surface area (Å²) in [5.41, 5.74) is 2.89. The summed E-state index contributed by atoms with van der Waals surface area (Å²) >= 11 is 0. The first kappa shape index (κ1) is 14.5. The number of nitrogens with one attached hydrogen (secondary N) is 1. The van der Waals surface area contributed by atoms with Crippen LogP contribution in [-0.4, -0.2) is 10.5 Å². The fraction of sp³-hybridized carbons (Fsp3) is 0.211. The molecule has 0 aliphatic heterocycles. The van der Waals surface area contributed by atoms with Gasteiger partial charge in [-0.05, 0) is 56.2 Å². The van der Waals surface area contributed by atoms with Gasteiger partial charge < -0.3 is 5.32 Å². The van der Waals surface area contributed by atoms with Gasteiger partial charge in [0.25, 0.3) is 0 Å². The number of hydrogen-bond donors (Lipinski definition) is 1. The van der Waals surface area contributed by atoms with Crippen molar-refractivity contribution in [1.29, 1.82) is 0 Å². The van der Waals surface area contributed by atoms with Gasteiger partial charge in [0.2, 0.25) is 0 Å². The number of anilines is 1. The van der Waals surface area contributed by atoms with Crippen molar-refractivity contribution in [3.8, 4) is 11.1 Å². The molecule has 1 N–H and O–H groups in total. The predicted molar refractivity (Wildman–Crippen MR) is 90.5 cm³/mol. The number of halogens is 1. The maximum atomic E-state index is 13.2. The minimum absolute atomic E-state index is 0.0739. The summed E-state index contributed by atoms with van der Waals surface area (Å²) in [5, 5.41) is 4.47. The van der Waals surface area contributed by atoms with Gasteiger partial charge in [0.15, 0.2) is 0 Å². The second kappa shape index (κ2) is 5.41. The SMILES string of the molecule is CC(C)(C)Nc1cc(-c2ccc(F)cc2)c2ccccc2n1. The molecule has 22 heavy (non-hydrogen) atoms. The van der Waals surface area contributed by atoms with Crippen LogP contribution in [0.3, 0.4) is 0 Å². The van der Waals surface area contributed by atoms with E-state index in [4.69, 9.17) is 0 Å². The van der Waals surface area contributed by atoms with E-state index in [-0.39, 0.29) is 11.4 Å². The van der Waals surface area contributed by atoms with Crippen molar-refractivity contribution < 1.29 is 4.39 Å². The Labute approximate surface area is 130 Å². The van der Waals surface area contributed by atoms with Gasteiger partial charge in [0.1, 0.15) is 11.6 Å². The maximum absolute atomic E-state index is 13.2. The molecule has 3 heteroatoms. The third-order valence-corrected chi connectivity index (χ3v) is 3.37. The minimum atomic E-state index is -0.227. The van der Waals surface area contributed by atoms with E-state index in [0.717, 1.165) is 27.8 Å². The van der Waals surface area contributed by atoms with E-state index >= 15 is 0 Å². The molecule has 2 aromatic carbocycles. The molecule has 0 unspecified atom stereocenters. The first-order chi connectivity index (χ1) is 10.4. The van der Waals surface area contributed by atoms with Gasteiger partial charge in [0, 0.05) is 10.9 Å². The Morgan fingerprint density at radius 2 is 1.64 bits per heavy atom. The number of nitrogens with zero attached hydrogens (tertiary/aromatic N) is 1. The van der Waals surface area contributed by atoms with Gasteiger partial charge in [-0.2, -0.15) is 0 Å². The molecule has 1 aromatic heterocycles. The molecule has 0 saturated carbocycles. The zero-order chi connectivity index (χ0) is 15.7. The van der Waals surface area contributed by atoms with Gasteiger partial charge in [-0.15, -0.1) is 0 Å². The third-order valence-electron chi connectivity index (χ3n) is 3.37. The van der Waals surface area contributed by atoms with Gasteiger partial charge in [0.05, 0.1) is 5.52 Å². The molecule has 0 bridgehead atoms. The summed E-state index contributed by atoms with van der Waals surface area (Å²) in [6.07, 6.45) is 0. The Morgan fingerprint density at radius 3 is 2.32 bits per heavy atom. The maximum Gasteiger partial charge on any atom is 0.127 e. The molecule has 112 valence electrons. The topological polar surface area (TPSA) is 24.9 Å². The van der Waals surface area contributed by atoms with Crippen molar-refractivity contribution in [3.05, 3.63) is 60.4 Å². The highest BCUT2D eigenvalue weighted by molar-refractivity contribution is 5.96. The van der Waals surface area contributed by atoms with Crippen molar-refractivity contribution >= 4 is 16.7 Å². The quantitative estimate of drug-likeness (QED) is 0.698. The van der Waals surface area contributed by atoms with Gasteiger partial charge in [-0.3, -0.25) is 0 Å². The number of fused-ring (bicyclic) bond motifs is 1. The number of para-hydroxylation sites is 1. The summed E-state index contributed by atoms with van der Waals surface area (Å²) in [7, 11) is 0. The third kappa shape index (κ3) is 3.08. The van der Waals surface area contributed by atoms with E-state index in [9.17, 15) is 4.39 Å². The summed E-state index contributed by atoms with van der Waals surface area (Å²) in [5.74, 6) is 0.598. The molecule has 1 heterocycles. The van der Waals surface area contributed by atoms with Crippen LogP contribution in [0.15, 0.2) is 54.6 Å². The van der Waals surface area contributed by atoms with Gasteiger partial charge in [-0.25, -0.2) is 9.37 Å². The zero-order valence-electron chi connectivity index (χ0n) is 13.0. The van der Waals surface area contributed by atoms with Crippen LogP contribution in [0.25, 0.3) is 22.0 Å². The fourth-order valence-corrected chi connectivity index (χ4v) is 2.49. The lowest BCUT2D eigenvalue weighted by atomic mass is 10.0. The summed E-state index contributed by atoms with van der Waals surface area (Å²) in [6, 6.07) is 16.6. The molecular formula is C19H19FN2. The van der Waals surface area contributed by atoms with Crippen LogP contribution in [0.1, 0.15) is 20.8 Å². The van der Waals surface area contributed by atoms with E-state index < -0.39 is 0 Å². The standard InChI is InChI=1S/C19H19FN2/c1-19(2,3)22-18-12-16(13-8-10-14(20)11-9-13)15-6-4-5-7-17(15)21-18/h4-12H,1-3H3,(H,21,22). The van der Waals surface area contributed by atoms with Crippen molar-refractivity contribution in [2.75, 3.05) is 5.32 Å². The Hall–Kier alpha value is -2.42. The monoisotopic (exact) mass is 294 g/mol. The molecular weight excluding hydrogens is 275 g/mol. The van der Waals surface area contributed by atoms with E-state index in [1.807, 2.05) is 30.3 Å². The van der Waals surface area contributed by atoms with Crippen molar-refractivity contribution in [1.82, 2.24) is 4.98 Å². The lowest BCUT2D eigenvalue weighted by Gasteiger charge is -2.22. The second-order valence-electron chi connectivity index (χ2n) is 6.45. The largest absolute Gasteiger partial charge is 0.365 e. The van der Waals surface area contributed by atoms with E-state index in [1.54, 1.807) is 12.1 Å². The molecule has 0 radical (unpaired) electrons. The Morgan fingerprint density at radius 1 is 0.955 bits per heavy atom. The zero-order valence-corrected chi connectivity index (χ0v) is 13.0. The van der Waals surface area contributed by atoms with Crippen molar-refractivity contribution in [2.24, 2.45) is 0 Å². The van der Waals surface area contributed by atoms with Crippen LogP contribution in [0.4, 0.5) is 10.2 Å². The molecule has 0 saturated heterocycles.